The van der Waals surface area contributed by atoms with Crippen LogP contribution in [0.4, 0.5) is 0 Å². The standard InChI is InChI=1S/C26H27N3O/c1-3-19-9-7-12-22-24(17-29-26(19)22)23(20-10-6-8-18(2)14-20)15-25(30)28-16-21-11-4-5-13-27-21/h4-14,17,23,29H,3,15-16H2,1-2H3,(H,28,30). The summed E-state index contributed by atoms with van der Waals surface area (Å²) in [6, 6.07) is 20.6. The van der Waals surface area contributed by atoms with E-state index in [1.165, 1.54) is 27.6 Å². The Bertz CT molecular complexity index is 1150. The van der Waals surface area contributed by atoms with E-state index in [-0.39, 0.29) is 11.8 Å². The fourth-order valence-electron chi connectivity index (χ4n) is 4.07. The van der Waals surface area contributed by atoms with Gasteiger partial charge in [0.2, 0.25) is 5.91 Å². The van der Waals surface area contributed by atoms with E-state index >= 15 is 0 Å². The molecule has 4 aromatic rings. The monoisotopic (exact) mass is 397 g/mol. The molecule has 4 heteroatoms. The van der Waals surface area contributed by atoms with Crippen LogP contribution in [0.3, 0.4) is 0 Å². The lowest BCUT2D eigenvalue weighted by Gasteiger charge is -2.18. The third kappa shape index (κ3) is 4.28. The van der Waals surface area contributed by atoms with Gasteiger partial charge in [0.15, 0.2) is 0 Å². The molecule has 0 fully saturated rings. The molecular formula is C26H27N3O. The number of carbonyl (C=O) groups excluding carboxylic acids is 1. The molecule has 4 nitrogen and oxygen atoms in total. The molecule has 0 aliphatic carbocycles. The van der Waals surface area contributed by atoms with E-state index in [1.807, 2.05) is 18.2 Å². The number of pyridine rings is 1. The highest BCUT2D eigenvalue weighted by Crippen LogP contribution is 2.35. The van der Waals surface area contributed by atoms with Crippen LogP contribution in [-0.4, -0.2) is 15.9 Å². The summed E-state index contributed by atoms with van der Waals surface area (Å²) in [7, 11) is 0. The Labute approximate surface area is 177 Å². The zero-order chi connectivity index (χ0) is 20.9. The molecule has 1 amide bonds. The predicted octanol–water partition coefficient (Wildman–Crippen LogP) is 5.27. The van der Waals surface area contributed by atoms with Crippen LogP contribution in [-0.2, 0) is 17.8 Å². The van der Waals surface area contributed by atoms with Crippen molar-refractivity contribution in [2.75, 3.05) is 0 Å². The topological polar surface area (TPSA) is 57.8 Å². The Hall–Kier alpha value is -3.40. The van der Waals surface area contributed by atoms with E-state index in [0.717, 1.165) is 17.7 Å². The van der Waals surface area contributed by atoms with Gasteiger partial charge in [-0.15, -0.1) is 0 Å². The van der Waals surface area contributed by atoms with Crippen molar-refractivity contribution < 1.29 is 4.79 Å². The van der Waals surface area contributed by atoms with Gasteiger partial charge in [0.1, 0.15) is 0 Å². The molecule has 0 spiro atoms. The Kier molecular flexibility index (Phi) is 5.94. The molecule has 4 rings (SSSR count). The van der Waals surface area contributed by atoms with Gasteiger partial charge in [0.05, 0.1) is 12.2 Å². The summed E-state index contributed by atoms with van der Waals surface area (Å²) in [5, 5.41) is 4.23. The molecule has 0 saturated carbocycles. The van der Waals surface area contributed by atoms with Gasteiger partial charge in [-0.05, 0) is 42.2 Å². The molecule has 0 aliphatic heterocycles. The van der Waals surface area contributed by atoms with Crippen LogP contribution in [0.2, 0.25) is 0 Å². The van der Waals surface area contributed by atoms with Gasteiger partial charge in [-0.25, -0.2) is 0 Å². The molecule has 152 valence electrons. The van der Waals surface area contributed by atoms with E-state index in [1.54, 1.807) is 6.20 Å². The first-order valence-electron chi connectivity index (χ1n) is 10.5. The lowest BCUT2D eigenvalue weighted by molar-refractivity contribution is -0.121. The normalized spacial score (nSPS) is 12.1. The number of hydrogen-bond donors (Lipinski definition) is 2. The van der Waals surface area contributed by atoms with Crippen LogP contribution in [0, 0.1) is 6.92 Å². The van der Waals surface area contributed by atoms with Crippen LogP contribution < -0.4 is 5.32 Å². The number of amides is 1. The van der Waals surface area contributed by atoms with Crippen molar-refractivity contribution in [2.45, 2.75) is 39.2 Å². The third-order valence-electron chi connectivity index (χ3n) is 5.62. The first-order chi connectivity index (χ1) is 14.7. The number of para-hydroxylation sites is 1. The maximum Gasteiger partial charge on any atom is 0.221 e. The second kappa shape index (κ2) is 8.95. The van der Waals surface area contributed by atoms with Crippen molar-refractivity contribution in [1.29, 1.82) is 0 Å². The molecule has 30 heavy (non-hydrogen) atoms. The Balaban J connectivity index is 1.65. The number of nitrogens with one attached hydrogen (secondary N) is 2. The Morgan fingerprint density at radius 2 is 1.97 bits per heavy atom. The molecule has 0 bridgehead atoms. The third-order valence-corrected chi connectivity index (χ3v) is 5.62. The van der Waals surface area contributed by atoms with Crippen LogP contribution >= 0.6 is 0 Å². The summed E-state index contributed by atoms with van der Waals surface area (Å²) in [5.41, 5.74) is 6.84. The lowest BCUT2D eigenvalue weighted by Crippen LogP contribution is -2.25. The maximum atomic E-state index is 12.9. The Morgan fingerprint density at radius 3 is 2.73 bits per heavy atom. The highest BCUT2D eigenvalue weighted by molar-refractivity contribution is 5.88. The van der Waals surface area contributed by atoms with Gasteiger partial charge in [-0.3, -0.25) is 9.78 Å². The van der Waals surface area contributed by atoms with Crippen molar-refractivity contribution in [1.82, 2.24) is 15.3 Å². The van der Waals surface area contributed by atoms with Crippen molar-refractivity contribution in [3.63, 3.8) is 0 Å². The second-order valence-electron chi connectivity index (χ2n) is 7.71. The first kappa shape index (κ1) is 19.9. The van der Waals surface area contributed by atoms with Crippen molar-refractivity contribution >= 4 is 16.8 Å². The number of fused-ring (bicyclic) bond motifs is 1. The van der Waals surface area contributed by atoms with Gasteiger partial charge >= 0.3 is 0 Å². The van der Waals surface area contributed by atoms with E-state index in [9.17, 15) is 4.79 Å². The molecule has 1 atom stereocenters. The van der Waals surface area contributed by atoms with Crippen molar-refractivity contribution in [3.8, 4) is 0 Å². The molecule has 2 N–H and O–H groups in total. The summed E-state index contributed by atoms with van der Waals surface area (Å²) in [6.45, 7) is 4.69. The fourth-order valence-corrected chi connectivity index (χ4v) is 4.07. The quantitative estimate of drug-likeness (QED) is 0.446. The van der Waals surface area contributed by atoms with Gasteiger partial charge in [-0.2, -0.15) is 0 Å². The molecule has 0 aliphatic rings. The number of benzene rings is 2. The molecule has 0 saturated heterocycles. The van der Waals surface area contributed by atoms with Gasteiger partial charge in [0.25, 0.3) is 0 Å². The number of rotatable bonds is 7. The molecule has 0 radical (unpaired) electrons. The highest BCUT2D eigenvalue weighted by atomic mass is 16.1. The number of aromatic amines is 1. The minimum Gasteiger partial charge on any atom is -0.361 e. The number of H-pyrrole nitrogens is 1. The molecule has 2 heterocycles. The summed E-state index contributed by atoms with van der Waals surface area (Å²) < 4.78 is 0. The van der Waals surface area contributed by atoms with Crippen LogP contribution in [0.5, 0.6) is 0 Å². The number of aryl methyl sites for hydroxylation is 2. The van der Waals surface area contributed by atoms with Crippen LogP contribution in [0.25, 0.3) is 10.9 Å². The second-order valence-corrected chi connectivity index (χ2v) is 7.71. The average molecular weight is 398 g/mol. The number of nitrogens with zero attached hydrogens (tertiary/aromatic N) is 1. The summed E-state index contributed by atoms with van der Waals surface area (Å²) in [4.78, 5) is 20.6. The average Bonchev–Trinajstić information content (AvgIpc) is 3.21. The maximum absolute atomic E-state index is 12.9. The molecule has 2 aromatic carbocycles. The van der Waals surface area contributed by atoms with E-state index < -0.39 is 0 Å². The predicted molar refractivity (Wildman–Crippen MR) is 121 cm³/mol. The summed E-state index contributed by atoms with van der Waals surface area (Å²) in [5.74, 6) is 0.00245. The van der Waals surface area contributed by atoms with Gasteiger partial charge in [0, 0.05) is 35.6 Å². The first-order valence-corrected chi connectivity index (χ1v) is 10.5. The molecule has 1 unspecified atom stereocenters. The zero-order valence-electron chi connectivity index (χ0n) is 17.5. The van der Waals surface area contributed by atoms with E-state index in [4.69, 9.17) is 0 Å². The largest absolute Gasteiger partial charge is 0.361 e. The number of hydrogen-bond acceptors (Lipinski definition) is 2. The zero-order valence-corrected chi connectivity index (χ0v) is 17.5. The summed E-state index contributed by atoms with van der Waals surface area (Å²) >= 11 is 0. The fraction of sp³-hybridized carbons (Fsp3) is 0.231. The smallest absolute Gasteiger partial charge is 0.221 e. The van der Waals surface area contributed by atoms with Gasteiger partial charge in [-0.1, -0.05) is 61.0 Å². The van der Waals surface area contributed by atoms with Crippen LogP contribution in [0.15, 0.2) is 73.1 Å². The van der Waals surface area contributed by atoms with Crippen LogP contribution in [0.1, 0.15) is 47.2 Å². The van der Waals surface area contributed by atoms with Crippen molar-refractivity contribution in [3.05, 3.63) is 101 Å². The Morgan fingerprint density at radius 1 is 1.10 bits per heavy atom. The number of aromatic nitrogens is 2. The summed E-state index contributed by atoms with van der Waals surface area (Å²) in [6.07, 6.45) is 5.17. The van der Waals surface area contributed by atoms with E-state index in [2.05, 4.69) is 77.8 Å². The highest BCUT2D eigenvalue weighted by Gasteiger charge is 2.22. The number of carbonyl (C=O) groups is 1. The molecular weight excluding hydrogens is 370 g/mol. The minimum atomic E-state index is -0.0190. The lowest BCUT2D eigenvalue weighted by atomic mass is 9.87. The van der Waals surface area contributed by atoms with E-state index in [0.29, 0.717) is 13.0 Å². The minimum absolute atomic E-state index is 0.0190. The SMILES string of the molecule is CCc1cccc2c(C(CC(=O)NCc3ccccn3)c3cccc(C)c3)c[nH]c12. The van der Waals surface area contributed by atoms with Gasteiger partial charge < -0.3 is 10.3 Å². The molecule has 2 aromatic heterocycles. The van der Waals surface area contributed by atoms with Crippen molar-refractivity contribution in [2.24, 2.45) is 0 Å².